The summed E-state index contributed by atoms with van der Waals surface area (Å²) in [5.74, 6) is -0.389. The molecule has 158 valence electrons. The van der Waals surface area contributed by atoms with Crippen LogP contribution in [0.1, 0.15) is 16.7 Å². The predicted molar refractivity (Wildman–Crippen MR) is 126 cm³/mol. The SMILES string of the molecule is Cc1cc(C)cc(-n2c(=O)c3sccc3n(CC(=O)Nc3ccc(C)c(Cl)c3)c2=O)c1. The maximum atomic E-state index is 13.3. The number of nitrogens with one attached hydrogen (secondary N) is 1. The number of rotatable bonds is 4. The van der Waals surface area contributed by atoms with Gasteiger partial charge >= 0.3 is 5.69 Å². The van der Waals surface area contributed by atoms with Crippen LogP contribution in [0.2, 0.25) is 5.02 Å². The molecule has 0 saturated heterocycles. The summed E-state index contributed by atoms with van der Waals surface area (Å²) in [4.78, 5) is 39.2. The summed E-state index contributed by atoms with van der Waals surface area (Å²) in [6.07, 6.45) is 0. The summed E-state index contributed by atoms with van der Waals surface area (Å²) >= 11 is 7.38. The minimum absolute atomic E-state index is 0.233. The van der Waals surface area contributed by atoms with Gasteiger partial charge in [-0.3, -0.25) is 14.2 Å². The number of carbonyl (C=O) groups is 1. The van der Waals surface area contributed by atoms with Crippen LogP contribution in [-0.2, 0) is 11.3 Å². The molecule has 1 N–H and O–H groups in total. The second-order valence-electron chi connectivity index (χ2n) is 7.50. The molecule has 1 amide bonds. The molecule has 4 aromatic rings. The molecule has 0 saturated carbocycles. The first kappa shape index (κ1) is 21.1. The largest absolute Gasteiger partial charge is 0.336 e. The van der Waals surface area contributed by atoms with E-state index in [9.17, 15) is 14.4 Å². The Balaban J connectivity index is 1.80. The average Bonchev–Trinajstić information content (AvgIpc) is 3.17. The van der Waals surface area contributed by atoms with Crippen molar-refractivity contribution < 1.29 is 4.79 Å². The van der Waals surface area contributed by atoms with Crippen molar-refractivity contribution in [1.29, 1.82) is 0 Å². The third-order valence-corrected chi connectivity index (χ3v) is 6.28. The second kappa shape index (κ2) is 8.17. The summed E-state index contributed by atoms with van der Waals surface area (Å²) in [5.41, 5.74) is 3.30. The molecule has 0 aliphatic rings. The van der Waals surface area contributed by atoms with Gasteiger partial charge < -0.3 is 5.32 Å². The van der Waals surface area contributed by atoms with Crippen molar-refractivity contribution in [2.75, 3.05) is 5.32 Å². The third-order valence-electron chi connectivity index (χ3n) is 4.98. The van der Waals surface area contributed by atoms with Gasteiger partial charge in [-0.15, -0.1) is 11.3 Å². The van der Waals surface area contributed by atoms with Crippen LogP contribution < -0.4 is 16.6 Å². The standard InChI is InChI=1S/C23H20ClN3O3S/c1-13-8-14(2)10-17(9-13)27-22(29)21-19(6-7-31-21)26(23(27)30)12-20(28)25-16-5-4-15(3)18(24)11-16/h4-11H,12H2,1-3H3,(H,25,28). The molecule has 2 aromatic heterocycles. The Bertz CT molecular complexity index is 1430. The van der Waals surface area contributed by atoms with E-state index < -0.39 is 5.69 Å². The Morgan fingerprint density at radius 3 is 2.42 bits per heavy atom. The Labute approximate surface area is 187 Å². The number of aromatic nitrogens is 2. The van der Waals surface area contributed by atoms with E-state index in [1.54, 1.807) is 41.8 Å². The number of thiophene rings is 1. The monoisotopic (exact) mass is 453 g/mol. The Hall–Kier alpha value is -3.16. The smallest absolute Gasteiger partial charge is 0.324 e. The highest BCUT2D eigenvalue weighted by Crippen LogP contribution is 2.21. The van der Waals surface area contributed by atoms with E-state index in [-0.39, 0.29) is 18.0 Å². The molecule has 4 rings (SSSR count). The highest BCUT2D eigenvalue weighted by atomic mass is 35.5. The molecule has 0 aliphatic heterocycles. The second-order valence-corrected chi connectivity index (χ2v) is 8.83. The van der Waals surface area contributed by atoms with Crippen LogP contribution in [0.15, 0.2) is 57.4 Å². The number of aryl methyl sites for hydroxylation is 3. The number of hydrogen-bond donors (Lipinski definition) is 1. The Morgan fingerprint density at radius 2 is 1.74 bits per heavy atom. The van der Waals surface area contributed by atoms with Gasteiger partial charge in [0.15, 0.2) is 0 Å². The van der Waals surface area contributed by atoms with Crippen molar-refractivity contribution in [2.24, 2.45) is 0 Å². The lowest BCUT2D eigenvalue weighted by Crippen LogP contribution is -2.40. The summed E-state index contributed by atoms with van der Waals surface area (Å²) in [5, 5.41) is 5.05. The minimum Gasteiger partial charge on any atom is -0.324 e. The zero-order chi connectivity index (χ0) is 22.3. The van der Waals surface area contributed by atoms with E-state index in [1.807, 2.05) is 26.8 Å². The number of anilines is 1. The van der Waals surface area contributed by atoms with E-state index in [1.165, 1.54) is 15.9 Å². The first-order valence-corrected chi connectivity index (χ1v) is 10.9. The highest BCUT2D eigenvalue weighted by molar-refractivity contribution is 7.17. The topological polar surface area (TPSA) is 73.1 Å². The van der Waals surface area contributed by atoms with Crippen LogP contribution in [-0.4, -0.2) is 15.0 Å². The van der Waals surface area contributed by atoms with Gasteiger partial charge in [0, 0.05) is 10.7 Å². The first-order chi connectivity index (χ1) is 14.7. The molecule has 0 unspecified atom stereocenters. The lowest BCUT2D eigenvalue weighted by Gasteiger charge is -2.13. The lowest BCUT2D eigenvalue weighted by atomic mass is 10.1. The zero-order valence-corrected chi connectivity index (χ0v) is 18.8. The minimum atomic E-state index is -0.557. The molecule has 0 radical (unpaired) electrons. The fourth-order valence-electron chi connectivity index (χ4n) is 3.56. The molecule has 0 aliphatic carbocycles. The molecule has 6 nitrogen and oxygen atoms in total. The molecule has 0 atom stereocenters. The summed E-state index contributed by atoms with van der Waals surface area (Å²) in [6.45, 7) is 5.45. The van der Waals surface area contributed by atoms with Gasteiger partial charge in [-0.2, -0.15) is 0 Å². The molecular weight excluding hydrogens is 434 g/mol. The molecular formula is C23H20ClN3O3S. The van der Waals surface area contributed by atoms with Gasteiger partial charge in [-0.1, -0.05) is 23.7 Å². The fourth-order valence-corrected chi connectivity index (χ4v) is 4.57. The molecule has 0 spiro atoms. The van der Waals surface area contributed by atoms with Gasteiger partial charge in [0.2, 0.25) is 5.91 Å². The number of fused-ring (bicyclic) bond motifs is 1. The van der Waals surface area contributed by atoms with E-state index in [0.29, 0.717) is 26.6 Å². The van der Waals surface area contributed by atoms with Gasteiger partial charge in [0.1, 0.15) is 11.2 Å². The maximum absolute atomic E-state index is 13.3. The van der Waals surface area contributed by atoms with Crippen LogP contribution >= 0.6 is 22.9 Å². The number of halogens is 1. The first-order valence-electron chi connectivity index (χ1n) is 9.62. The predicted octanol–water partition coefficient (Wildman–Crippen LogP) is 4.43. The van der Waals surface area contributed by atoms with Crippen LogP contribution in [0.4, 0.5) is 5.69 Å². The number of amides is 1. The molecule has 2 aromatic carbocycles. The van der Waals surface area contributed by atoms with E-state index in [0.717, 1.165) is 21.3 Å². The molecule has 0 bridgehead atoms. The van der Waals surface area contributed by atoms with Crippen molar-refractivity contribution in [3.63, 3.8) is 0 Å². The van der Waals surface area contributed by atoms with Crippen molar-refractivity contribution in [3.8, 4) is 5.69 Å². The maximum Gasteiger partial charge on any atom is 0.336 e. The molecule has 2 heterocycles. The van der Waals surface area contributed by atoms with Gasteiger partial charge in [-0.25, -0.2) is 9.36 Å². The van der Waals surface area contributed by atoms with Gasteiger partial charge in [0.25, 0.3) is 5.56 Å². The van der Waals surface area contributed by atoms with Crippen LogP contribution in [0.5, 0.6) is 0 Å². The molecule has 0 fully saturated rings. The lowest BCUT2D eigenvalue weighted by molar-refractivity contribution is -0.116. The van der Waals surface area contributed by atoms with Crippen LogP contribution in [0.25, 0.3) is 15.9 Å². The van der Waals surface area contributed by atoms with E-state index in [2.05, 4.69) is 5.32 Å². The quantitative estimate of drug-likeness (QED) is 0.496. The van der Waals surface area contributed by atoms with Gasteiger partial charge in [0.05, 0.1) is 11.2 Å². The third kappa shape index (κ3) is 4.06. The van der Waals surface area contributed by atoms with Crippen LogP contribution in [0.3, 0.4) is 0 Å². The fraction of sp³-hybridized carbons (Fsp3) is 0.174. The normalized spacial score (nSPS) is 11.1. The summed E-state index contributed by atoms with van der Waals surface area (Å²) in [6, 6.07) is 12.4. The Kier molecular flexibility index (Phi) is 5.56. The summed E-state index contributed by atoms with van der Waals surface area (Å²) in [7, 11) is 0. The van der Waals surface area contributed by atoms with Crippen molar-refractivity contribution in [1.82, 2.24) is 9.13 Å². The van der Waals surface area contributed by atoms with Crippen molar-refractivity contribution in [3.05, 3.63) is 90.4 Å². The highest BCUT2D eigenvalue weighted by Gasteiger charge is 2.18. The number of hydrogen-bond acceptors (Lipinski definition) is 4. The number of benzene rings is 2. The number of carbonyl (C=O) groups excluding carboxylic acids is 1. The van der Waals surface area contributed by atoms with E-state index in [4.69, 9.17) is 11.6 Å². The number of nitrogens with zero attached hydrogens (tertiary/aromatic N) is 2. The Morgan fingerprint density at radius 1 is 1.03 bits per heavy atom. The van der Waals surface area contributed by atoms with Crippen LogP contribution in [0, 0.1) is 20.8 Å². The summed E-state index contributed by atoms with van der Waals surface area (Å²) < 4.78 is 2.88. The van der Waals surface area contributed by atoms with E-state index >= 15 is 0 Å². The van der Waals surface area contributed by atoms with Crippen molar-refractivity contribution >= 4 is 44.7 Å². The van der Waals surface area contributed by atoms with Gasteiger partial charge in [-0.05, 0) is 73.2 Å². The molecule has 8 heteroatoms. The zero-order valence-electron chi connectivity index (χ0n) is 17.2. The van der Waals surface area contributed by atoms with Crippen molar-refractivity contribution in [2.45, 2.75) is 27.3 Å². The average molecular weight is 454 g/mol. The molecule has 31 heavy (non-hydrogen) atoms.